The molecule has 5 aliphatic carbocycles. The van der Waals surface area contributed by atoms with Crippen LogP contribution in [0.25, 0.3) is 0 Å². The van der Waals surface area contributed by atoms with Gasteiger partial charge in [0.2, 0.25) is 0 Å². The second-order valence-electron chi connectivity index (χ2n) is 18.8. The van der Waals surface area contributed by atoms with Crippen molar-refractivity contribution in [2.45, 2.75) is 145 Å². The van der Waals surface area contributed by atoms with Crippen LogP contribution in [0.15, 0.2) is 24.3 Å². The van der Waals surface area contributed by atoms with E-state index < -0.39 is 32.4 Å². The molecule has 0 amide bonds. The molecule has 4 fully saturated rings. The molecule has 0 saturated heterocycles. The number of hydrogen-bond acceptors (Lipinski definition) is 7. The summed E-state index contributed by atoms with van der Waals surface area (Å²) in [5.41, 5.74) is 0.189. The van der Waals surface area contributed by atoms with Crippen molar-refractivity contribution < 1.29 is 33.1 Å². The average Bonchev–Trinajstić information content (AvgIpc) is 3.62. The quantitative estimate of drug-likeness (QED) is 0.121. The number of carbonyl (C=O) groups is 4. The molecular weight excluding hydrogens is 633 g/mol. The van der Waals surface area contributed by atoms with Gasteiger partial charge >= 0.3 is 11.9 Å². The van der Waals surface area contributed by atoms with Gasteiger partial charge in [-0.25, -0.2) is 0 Å². The molecule has 4 saturated carbocycles. The van der Waals surface area contributed by atoms with Gasteiger partial charge in [0.15, 0.2) is 26.0 Å². The van der Waals surface area contributed by atoms with E-state index in [1.165, 1.54) is 6.92 Å². The van der Waals surface area contributed by atoms with E-state index in [0.29, 0.717) is 30.4 Å². The Labute approximate surface area is 296 Å². The third kappa shape index (κ3) is 5.77. The lowest BCUT2D eigenvalue weighted by molar-refractivity contribution is -0.167. The Bertz CT molecular complexity index is 1420. The van der Waals surface area contributed by atoms with Gasteiger partial charge in [-0.15, -0.1) is 0 Å². The van der Waals surface area contributed by atoms with Crippen LogP contribution in [0.3, 0.4) is 0 Å². The van der Waals surface area contributed by atoms with Gasteiger partial charge in [-0.05, 0) is 102 Å². The second kappa shape index (κ2) is 12.6. The lowest BCUT2D eigenvalue weighted by Gasteiger charge is -2.61. The fourth-order valence-electron chi connectivity index (χ4n) is 11.5. The summed E-state index contributed by atoms with van der Waals surface area (Å²) in [5.74, 6) is -0.763. The van der Waals surface area contributed by atoms with Gasteiger partial charge in [0.25, 0.3) is 0 Å². The van der Waals surface area contributed by atoms with Crippen molar-refractivity contribution >= 4 is 31.8 Å². The van der Waals surface area contributed by atoms with E-state index in [9.17, 15) is 19.2 Å². The van der Waals surface area contributed by atoms with E-state index in [0.717, 1.165) is 32.1 Å². The van der Waals surface area contributed by atoms with Crippen molar-refractivity contribution in [3.05, 3.63) is 24.3 Å². The number of fused-ring (bicyclic) bond motifs is 2. The van der Waals surface area contributed by atoms with E-state index in [4.69, 9.17) is 13.9 Å². The maximum Gasteiger partial charge on any atom is 0.306 e. The third-order valence-electron chi connectivity index (χ3n) is 15.6. The number of ketones is 2. The zero-order valence-electron chi connectivity index (χ0n) is 32.5. The van der Waals surface area contributed by atoms with Crippen LogP contribution in [0.5, 0.6) is 0 Å². The minimum Gasteiger partial charge on any atom is -0.462 e. The number of ether oxygens (including phenoxy) is 2. The van der Waals surface area contributed by atoms with E-state index in [1.807, 2.05) is 19.9 Å². The highest BCUT2D eigenvalue weighted by atomic mass is 28.4. The molecule has 0 unspecified atom stereocenters. The van der Waals surface area contributed by atoms with Crippen molar-refractivity contribution in [2.75, 3.05) is 6.61 Å². The minimum absolute atomic E-state index is 0.0307. The fraction of sp³-hybridized carbons (Fsp3) is 0.805. The first kappa shape index (κ1) is 38.2. The summed E-state index contributed by atoms with van der Waals surface area (Å²) in [6.07, 6.45) is 8.73. The van der Waals surface area contributed by atoms with Crippen LogP contribution in [0.1, 0.15) is 114 Å². The maximum absolute atomic E-state index is 14.5. The highest BCUT2D eigenvalue weighted by Gasteiger charge is 2.81. The van der Waals surface area contributed by atoms with Crippen molar-refractivity contribution in [1.29, 1.82) is 0 Å². The summed E-state index contributed by atoms with van der Waals surface area (Å²) in [4.78, 5) is 52.9. The molecule has 8 heteroatoms. The highest BCUT2D eigenvalue weighted by molar-refractivity contribution is 6.74. The number of carbonyl (C=O) groups excluding carboxylic acids is 4. The smallest absolute Gasteiger partial charge is 0.306 e. The lowest BCUT2D eigenvalue weighted by atomic mass is 9.43. The molecule has 0 aliphatic heterocycles. The summed E-state index contributed by atoms with van der Waals surface area (Å²) in [5, 5.41) is 0.0307. The standard InChI is InChI=1S/C41H64O7Si/c1-14-33(44)48-36(35(45)25(3)24(2)22-46-49(12,13)37(7,8)9)27(5)34-31(47-28(6)42)21-39(11)32-16-15-29-26(4)30(43)17-18-40(29)23-41(32,40)20-19-38(34,39)10/h17-18,24,26-27,29,31-32,34,36H,3,14-16,19-23H2,1-2,4-13H3/t24-,26-,27-,29-,31-,32-,34-,36+,38+,39-,40+,41-/m0/s1. The van der Waals surface area contributed by atoms with Gasteiger partial charge in [-0.1, -0.05) is 75.0 Å². The molecule has 7 nitrogen and oxygen atoms in total. The molecule has 274 valence electrons. The average molecular weight is 697 g/mol. The molecule has 5 aliphatic rings. The van der Waals surface area contributed by atoms with Gasteiger partial charge in [0, 0.05) is 43.6 Å². The number of rotatable bonds is 11. The summed E-state index contributed by atoms with van der Waals surface area (Å²) in [6.45, 7) is 29.7. The van der Waals surface area contributed by atoms with Crippen LogP contribution in [0.4, 0.5) is 0 Å². The largest absolute Gasteiger partial charge is 0.462 e. The first-order valence-corrected chi connectivity index (χ1v) is 21.9. The van der Waals surface area contributed by atoms with Gasteiger partial charge in [-0.2, -0.15) is 0 Å². The van der Waals surface area contributed by atoms with E-state index in [-0.39, 0.29) is 68.4 Å². The SMILES string of the molecule is C=C(C(=O)[C@H](OC(=O)CC)[C@@H](C)[C@H]1[C@@H](OC(C)=O)C[C@@]2(C)[C@@H]3CC[C@H]4[C@H](C)C(=O)C=C[C@@]45C[C@@]35CC[C@]12C)[C@@H](C)CO[Si](C)(C)C(C)(C)C. The van der Waals surface area contributed by atoms with Crippen LogP contribution in [-0.4, -0.2) is 50.6 Å². The van der Waals surface area contributed by atoms with Gasteiger partial charge < -0.3 is 13.9 Å². The molecule has 0 N–H and O–H groups in total. The topological polar surface area (TPSA) is 96.0 Å². The van der Waals surface area contributed by atoms with Gasteiger partial charge in [0.05, 0.1) is 0 Å². The van der Waals surface area contributed by atoms with Crippen LogP contribution in [0, 0.1) is 57.2 Å². The number of esters is 2. The molecule has 2 spiro atoms. The van der Waals surface area contributed by atoms with Crippen molar-refractivity contribution in [1.82, 2.24) is 0 Å². The molecule has 0 heterocycles. The first-order valence-electron chi connectivity index (χ1n) is 19.0. The zero-order chi connectivity index (χ0) is 36.7. The van der Waals surface area contributed by atoms with Crippen molar-refractivity contribution in [3.8, 4) is 0 Å². The summed E-state index contributed by atoms with van der Waals surface area (Å²) >= 11 is 0. The zero-order valence-corrected chi connectivity index (χ0v) is 33.5. The Kier molecular flexibility index (Phi) is 9.79. The Morgan fingerprint density at radius 1 is 1.08 bits per heavy atom. The van der Waals surface area contributed by atoms with Crippen LogP contribution in [0.2, 0.25) is 18.1 Å². The van der Waals surface area contributed by atoms with E-state index >= 15 is 0 Å². The van der Waals surface area contributed by atoms with E-state index in [1.54, 1.807) is 6.92 Å². The first-order chi connectivity index (χ1) is 22.5. The molecule has 0 aromatic heterocycles. The molecular formula is C41H64O7Si. The van der Waals surface area contributed by atoms with Gasteiger partial charge in [-0.3, -0.25) is 19.2 Å². The fourth-order valence-corrected chi connectivity index (χ4v) is 12.6. The Balaban J connectivity index is 1.47. The summed E-state index contributed by atoms with van der Waals surface area (Å²) in [7, 11) is -2.06. The predicted molar refractivity (Wildman–Crippen MR) is 194 cm³/mol. The normalized spacial score (nSPS) is 39.8. The van der Waals surface area contributed by atoms with Crippen LogP contribution >= 0.6 is 0 Å². The molecule has 0 bridgehead atoms. The third-order valence-corrected chi connectivity index (χ3v) is 20.1. The van der Waals surface area contributed by atoms with Crippen molar-refractivity contribution in [2.24, 2.45) is 57.2 Å². The Morgan fingerprint density at radius 2 is 1.73 bits per heavy atom. The molecule has 12 atom stereocenters. The highest BCUT2D eigenvalue weighted by Crippen LogP contribution is 2.87. The van der Waals surface area contributed by atoms with Crippen molar-refractivity contribution in [3.63, 3.8) is 0 Å². The van der Waals surface area contributed by atoms with Crippen LogP contribution < -0.4 is 0 Å². The van der Waals surface area contributed by atoms with Gasteiger partial charge in [0.1, 0.15) is 6.10 Å². The van der Waals surface area contributed by atoms with Crippen LogP contribution in [-0.2, 0) is 33.1 Å². The Morgan fingerprint density at radius 3 is 2.33 bits per heavy atom. The molecule has 49 heavy (non-hydrogen) atoms. The number of Topliss-reactive ketones (excluding diaryl/α,β-unsaturated/α-hetero) is 1. The minimum atomic E-state index is -2.06. The molecule has 0 aromatic carbocycles. The summed E-state index contributed by atoms with van der Waals surface area (Å²) < 4.78 is 18.8. The monoisotopic (exact) mass is 696 g/mol. The number of hydrogen-bond donors (Lipinski definition) is 0. The van der Waals surface area contributed by atoms with E-state index in [2.05, 4.69) is 67.3 Å². The molecule has 5 rings (SSSR count). The number of allylic oxidation sites excluding steroid dienone is 2. The maximum atomic E-state index is 14.5. The second-order valence-corrected chi connectivity index (χ2v) is 23.6. The molecule has 0 aromatic rings. The predicted octanol–water partition coefficient (Wildman–Crippen LogP) is 8.66. The lowest BCUT2D eigenvalue weighted by Crippen LogP contribution is -2.56. The molecule has 0 radical (unpaired) electrons. The Hall–Kier alpha value is -2.06. The summed E-state index contributed by atoms with van der Waals surface area (Å²) in [6, 6.07) is 0.